The lowest BCUT2D eigenvalue weighted by atomic mass is 9.99. The lowest BCUT2D eigenvalue weighted by molar-refractivity contribution is -0.148. The first-order valence-corrected chi connectivity index (χ1v) is 7.24. The number of unbranched alkanes of at least 4 members (excludes halogenated alkanes) is 5. The molecule has 0 aromatic heterocycles. The lowest BCUT2D eigenvalue weighted by Gasteiger charge is -2.13. The van der Waals surface area contributed by atoms with E-state index in [1.165, 1.54) is 32.1 Å². The van der Waals surface area contributed by atoms with E-state index in [-0.39, 0.29) is 11.9 Å². The maximum absolute atomic E-state index is 11.6. The molecule has 2 heteroatoms. The van der Waals surface area contributed by atoms with Gasteiger partial charge in [-0.25, -0.2) is 0 Å². The van der Waals surface area contributed by atoms with Crippen LogP contribution in [0.25, 0.3) is 0 Å². The Balaban J connectivity index is 3.38. The zero-order valence-corrected chi connectivity index (χ0v) is 12.1. The average molecular weight is 242 g/mol. The van der Waals surface area contributed by atoms with Crippen molar-refractivity contribution in [2.24, 2.45) is 11.8 Å². The van der Waals surface area contributed by atoms with Gasteiger partial charge in [-0.2, -0.15) is 0 Å². The summed E-state index contributed by atoms with van der Waals surface area (Å²) in [5.41, 5.74) is 0. The fourth-order valence-corrected chi connectivity index (χ4v) is 2.00. The summed E-state index contributed by atoms with van der Waals surface area (Å²) in [6.45, 7) is 9.06. The van der Waals surface area contributed by atoms with Crippen molar-refractivity contribution in [2.75, 3.05) is 6.61 Å². The van der Waals surface area contributed by atoms with Crippen molar-refractivity contribution in [1.29, 1.82) is 0 Å². The Morgan fingerprint density at radius 2 is 1.59 bits per heavy atom. The zero-order chi connectivity index (χ0) is 13.1. The smallest absolute Gasteiger partial charge is 0.308 e. The first-order valence-electron chi connectivity index (χ1n) is 7.24. The fourth-order valence-electron chi connectivity index (χ4n) is 2.00. The van der Waals surface area contributed by atoms with Gasteiger partial charge in [-0.05, 0) is 18.8 Å². The normalized spacial score (nSPS) is 12.8. The number of carbonyl (C=O) groups is 1. The molecule has 0 bridgehead atoms. The molecule has 0 rings (SSSR count). The second kappa shape index (κ2) is 10.6. The van der Waals surface area contributed by atoms with Crippen LogP contribution in [0.2, 0.25) is 0 Å². The van der Waals surface area contributed by atoms with Gasteiger partial charge in [0.1, 0.15) is 0 Å². The summed E-state index contributed by atoms with van der Waals surface area (Å²) >= 11 is 0. The molecular formula is C15H30O2. The minimum absolute atomic E-state index is 0.0211. The second-order valence-electron chi connectivity index (χ2n) is 5.47. The quantitative estimate of drug-likeness (QED) is 0.414. The molecule has 0 aliphatic rings. The van der Waals surface area contributed by atoms with E-state index in [1.807, 2.05) is 6.92 Å². The Labute approximate surface area is 107 Å². The Bertz CT molecular complexity index is 187. The SMILES string of the molecule is CCCCCCCCOC(=O)C(C)CC(C)C. The minimum atomic E-state index is -0.0211. The molecule has 0 heterocycles. The summed E-state index contributed by atoms with van der Waals surface area (Å²) in [6.07, 6.45) is 8.32. The zero-order valence-electron chi connectivity index (χ0n) is 12.1. The molecule has 0 radical (unpaired) electrons. The van der Waals surface area contributed by atoms with E-state index in [9.17, 15) is 4.79 Å². The van der Waals surface area contributed by atoms with E-state index in [2.05, 4.69) is 20.8 Å². The van der Waals surface area contributed by atoms with Crippen molar-refractivity contribution >= 4 is 5.97 Å². The van der Waals surface area contributed by atoms with Crippen molar-refractivity contribution in [1.82, 2.24) is 0 Å². The van der Waals surface area contributed by atoms with Gasteiger partial charge in [0.05, 0.1) is 12.5 Å². The molecule has 0 saturated carbocycles. The van der Waals surface area contributed by atoms with E-state index in [0.717, 1.165) is 12.8 Å². The van der Waals surface area contributed by atoms with Gasteiger partial charge in [0.2, 0.25) is 0 Å². The highest BCUT2D eigenvalue weighted by molar-refractivity contribution is 5.71. The summed E-state index contributed by atoms with van der Waals surface area (Å²) in [5, 5.41) is 0. The molecule has 1 unspecified atom stereocenters. The molecular weight excluding hydrogens is 212 g/mol. The predicted molar refractivity (Wildman–Crippen MR) is 73.0 cm³/mol. The van der Waals surface area contributed by atoms with Gasteiger partial charge >= 0.3 is 5.97 Å². The molecule has 0 N–H and O–H groups in total. The molecule has 17 heavy (non-hydrogen) atoms. The van der Waals surface area contributed by atoms with Crippen molar-refractivity contribution in [2.45, 2.75) is 72.6 Å². The molecule has 0 amide bonds. The van der Waals surface area contributed by atoms with E-state index in [1.54, 1.807) is 0 Å². The molecule has 0 fully saturated rings. The third kappa shape index (κ3) is 10.3. The van der Waals surface area contributed by atoms with Crippen molar-refractivity contribution < 1.29 is 9.53 Å². The van der Waals surface area contributed by atoms with Crippen LogP contribution in [0, 0.1) is 11.8 Å². The topological polar surface area (TPSA) is 26.3 Å². The van der Waals surface area contributed by atoms with E-state index in [4.69, 9.17) is 4.74 Å². The van der Waals surface area contributed by atoms with Crippen LogP contribution in [0.4, 0.5) is 0 Å². The predicted octanol–water partition coefficient (Wildman–Crippen LogP) is 4.57. The maximum Gasteiger partial charge on any atom is 0.308 e. The first kappa shape index (κ1) is 16.5. The third-order valence-electron chi connectivity index (χ3n) is 2.97. The van der Waals surface area contributed by atoms with Gasteiger partial charge in [0.15, 0.2) is 0 Å². The highest BCUT2D eigenvalue weighted by Crippen LogP contribution is 2.13. The van der Waals surface area contributed by atoms with Gasteiger partial charge in [0.25, 0.3) is 0 Å². The molecule has 0 saturated heterocycles. The summed E-state index contributed by atoms with van der Waals surface area (Å²) in [4.78, 5) is 11.6. The summed E-state index contributed by atoms with van der Waals surface area (Å²) in [5.74, 6) is 0.592. The Morgan fingerprint density at radius 1 is 1.00 bits per heavy atom. The maximum atomic E-state index is 11.6. The monoisotopic (exact) mass is 242 g/mol. The largest absolute Gasteiger partial charge is 0.465 e. The first-order chi connectivity index (χ1) is 8.07. The van der Waals surface area contributed by atoms with Crippen LogP contribution in [0.5, 0.6) is 0 Å². The van der Waals surface area contributed by atoms with Crippen LogP contribution in [-0.2, 0) is 9.53 Å². The lowest BCUT2D eigenvalue weighted by Crippen LogP contribution is -2.17. The van der Waals surface area contributed by atoms with Crippen LogP contribution in [0.15, 0.2) is 0 Å². The minimum Gasteiger partial charge on any atom is -0.465 e. The molecule has 102 valence electrons. The van der Waals surface area contributed by atoms with Crippen LogP contribution in [0.3, 0.4) is 0 Å². The Morgan fingerprint density at radius 3 is 2.18 bits per heavy atom. The number of esters is 1. The average Bonchev–Trinajstić information content (AvgIpc) is 2.26. The second-order valence-corrected chi connectivity index (χ2v) is 5.47. The van der Waals surface area contributed by atoms with Crippen LogP contribution >= 0.6 is 0 Å². The molecule has 2 nitrogen and oxygen atoms in total. The van der Waals surface area contributed by atoms with E-state index >= 15 is 0 Å². The third-order valence-corrected chi connectivity index (χ3v) is 2.97. The number of carbonyl (C=O) groups excluding carboxylic acids is 1. The summed E-state index contributed by atoms with van der Waals surface area (Å²) in [6, 6.07) is 0. The van der Waals surface area contributed by atoms with Gasteiger partial charge in [-0.1, -0.05) is 59.8 Å². The molecule has 0 aromatic carbocycles. The molecule has 0 spiro atoms. The van der Waals surface area contributed by atoms with Gasteiger partial charge < -0.3 is 4.74 Å². The van der Waals surface area contributed by atoms with Crippen LogP contribution in [0.1, 0.15) is 72.6 Å². The number of ether oxygens (including phenoxy) is 1. The standard InChI is InChI=1S/C15H30O2/c1-5-6-7-8-9-10-11-17-15(16)14(4)12-13(2)3/h13-14H,5-12H2,1-4H3. The van der Waals surface area contributed by atoms with Gasteiger partial charge in [0, 0.05) is 0 Å². The van der Waals surface area contributed by atoms with Gasteiger partial charge in [-0.3, -0.25) is 4.79 Å². The highest BCUT2D eigenvalue weighted by Gasteiger charge is 2.15. The summed E-state index contributed by atoms with van der Waals surface area (Å²) < 4.78 is 5.27. The van der Waals surface area contributed by atoms with Crippen LogP contribution < -0.4 is 0 Å². The number of rotatable bonds is 10. The summed E-state index contributed by atoms with van der Waals surface area (Å²) in [7, 11) is 0. The van der Waals surface area contributed by atoms with Crippen molar-refractivity contribution in [3.05, 3.63) is 0 Å². The van der Waals surface area contributed by atoms with E-state index < -0.39 is 0 Å². The van der Waals surface area contributed by atoms with Crippen molar-refractivity contribution in [3.63, 3.8) is 0 Å². The molecule has 0 aromatic rings. The van der Waals surface area contributed by atoms with Crippen molar-refractivity contribution in [3.8, 4) is 0 Å². The highest BCUT2D eigenvalue weighted by atomic mass is 16.5. The molecule has 1 atom stereocenters. The van der Waals surface area contributed by atoms with E-state index in [0.29, 0.717) is 12.5 Å². The van der Waals surface area contributed by atoms with Gasteiger partial charge in [-0.15, -0.1) is 0 Å². The molecule has 0 aliphatic carbocycles. The Hall–Kier alpha value is -0.530. The number of hydrogen-bond donors (Lipinski definition) is 0. The fraction of sp³-hybridized carbons (Fsp3) is 0.933. The Kier molecular flexibility index (Phi) is 10.3. The number of hydrogen-bond acceptors (Lipinski definition) is 2. The molecule has 0 aliphatic heterocycles. The van der Waals surface area contributed by atoms with Crippen LogP contribution in [-0.4, -0.2) is 12.6 Å².